The fraction of sp³-hybridized carbons (Fsp3) is 0.375. The molecular weight excluding hydrogens is 292 g/mol. The maximum absolute atomic E-state index is 12.3. The highest BCUT2D eigenvalue weighted by Gasteiger charge is 2.37. The predicted molar refractivity (Wildman–Crippen MR) is 48.3 cm³/mol. The van der Waals surface area contributed by atoms with Crippen LogP contribution in [0.25, 0.3) is 0 Å². The first-order valence-electron chi connectivity index (χ1n) is 4.19. The fourth-order valence-electron chi connectivity index (χ4n) is 1.07. The van der Waals surface area contributed by atoms with E-state index >= 15 is 0 Å². The minimum atomic E-state index is -5.15. The molecule has 0 unspecified atom stereocenters. The molecule has 0 atom stereocenters. The monoisotopic (exact) mass is 295 g/mol. The van der Waals surface area contributed by atoms with Gasteiger partial charge in [0.1, 0.15) is 5.56 Å². The van der Waals surface area contributed by atoms with E-state index in [1.54, 1.807) is 0 Å². The Hall–Kier alpha value is -1.38. The van der Waals surface area contributed by atoms with Crippen LogP contribution in [-0.2, 0) is 12.1 Å². The summed E-state index contributed by atoms with van der Waals surface area (Å²) in [4.78, 5) is 12.3. The highest BCUT2D eigenvalue weighted by molar-refractivity contribution is 6.17. The molecule has 0 fully saturated rings. The van der Waals surface area contributed by atoms with E-state index in [1.165, 1.54) is 4.98 Å². The number of halogens is 7. The Morgan fingerprint density at radius 2 is 1.78 bits per heavy atom. The Labute approximate surface area is 100 Å². The van der Waals surface area contributed by atoms with Crippen molar-refractivity contribution in [1.29, 1.82) is 0 Å². The molecule has 0 aromatic carbocycles. The van der Waals surface area contributed by atoms with E-state index in [-0.39, 0.29) is 6.07 Å². The minimum absolute atomic E-state index is 0.215. The van der Waals surface area contributed by atoms with Gasteiger partial charge in [0.15, 0.2) is 0 Å². The van der Waals surface area contributed by atoms with Crippen molar-refractivity contribution in [3.63, 3.8) is 0 Å². The largest absolute Gasteiger partial charge is 0.574 e. The number of rotatable bonds is 2. The van der Waals surface area contributed by atoms with E-state index in [9.17, 15) is 31.1 Å². The molecule has 0 saturated carbocycles. The molecule has 0 aliphatic rings. The first kappa shape index (κ1) is 14.7. The number of pyridine rings is 1. The summed E-state index contributed by atoms with van der Waals surface area (Å²) in [6, 6.07) is 0.215. The second-order valence-electron chi connectivity index (χ2n) is 3.05. The molecule has 102 valence electrons. The van der Waals surface area contributed by atoms with E-state index in [0.29, 0.717) is 0 Å². The zero-order valence-corrected chi connectivity index (χ0v) is 9.00. The van der Waals surface area contributed by atoms with Crippen molar-refractivity contribution in [2.24, 2.45) is 0 Å². The Bertz CT molecular complexity index is 492. The Balaban J connectivity index is 3.33. The molecule has 1 heterocycles. The standard InChI is InChI=1S/C8H4ClF6NO2/c9-2-3-1-4(7(10,11)12)5(17)16-6(3)18-8(13,14)15/h1H,2H2,(H,16,17). The van der Waals surface area contributed by atoms with Gasteiger partial charge in [-0.25, -0.2) is 0 Å². The van der Waals surface area contributed by atoms with Crippen LogP contribution < -0.4 is 10.3 Å². The third-order valence-corrected chi connectivity index (χ3v) is 2.04. The predicted octanol–water partition coefficient (Wildman–Crippen LogP) is 3.03. The zero-order valence-electron chi connectivity index (χ0n) is 8.25. The summed E-state index contributed by atoms with van der Waals surface area (Å²) in [6.07, 6.45) is -10.1. The normalized spacial score (nSPS) is 12.6. The topological polar surface area (TPSA) is 42.1 Å². The van der Waals surface area contributed by atoms with Crippen molar-refractivity contribution in [2.45, 2.75) is 18.4 Å². The number of alkyl halides is 7. The molecule has 0 radical (unpaired) electrons. The number of aromatic nitrogens is 1. The van der Waals surface area contributed by atoms with E-state index < -0.39 is 41.0 Å². The first-order valence-corrected chi connectivity index (χ1v) is 4.73. The highest BCUT2D eigenvalue weighted by Crippen LogP contribution is 2.31. The van der Waals surface area contributed by atoms with Crippen molar-refractivity contribution >= 4 is 11.6 Å². The first-order chi connectivity index (χ1) is 8.04. The van der Waals surface area contributed by atoms with Gasteiger partial charge in [0, 0.05) is 5.56 Å². The van der Waals surface area contributed by atoms with E-state index in [1.807, 2.05) is 0 Å². The van der Waals surface area contributed by atoms with Gasteiger partial charge < -0.3 is 4.74 Å². The van der Waals surface area contributed by atoms with Crippen LogP contribution in [0.2, 0.25) is 0 Å². The Morgan fingerprint density at radius 3 is 2.17 bits per heavy atom. The zero-order chi connectivity index (χ0) is 14.1. The third-order valence-electron chi connectivity index (χ3n) is 1.75. The van der Waals surface area contributed by atoms with Gasteiger partial charge in [0.25, 0.3) is 5.56 Å². The molecule has 1 aromatic heterocycles. The van der Waals surface area contributed by atoms with Crippen molar-refractivity contribution in [1.82, 2.24) is 4.98 Å². The van der Waals surface area contributed by atoms with Crippen LogP contribution in [0.4, 0.5) is 26.3 Å². The van der Waals surface area contributed by atoms with Crippen LogP contribution in [-0.4, -0.2) is 11.3 Å². The number of hydrogen-bond acceptors (Lipinski definition) is 2. The lowest BCUT2D eigenvalue weighted by molar-refractivity contribution is -0.276. The van der Waals surface area contributed by atoms with Gasteiger partial charge in [0.2, 0.25) is 5.88 Å². The molecule has 0 bridgehead atoms. The average Bonchev–Trinajstić information content (AvgIpc) is 2.13. The molecule has 0 amide bonds. The summed E-state index contributed by atoms with van der Waals surface area (Å²) in [5, 5.41) is 0. The maximum Gasteiger partial charge on any atom is 0.574 e. The molecule has 0 spiro atoms. The molecule has 1 rings (SSSR count). The smallest absolute Gasteiger partial charge is 0.389 e. The summed E-state index contributed by atoms with van der Waals surface area (Å²) < 4.78 is 76.0. The van der Waals surface area contributed by atoms with Crippen LogP contribution in [0.3, 0.4) is 0 Å². The molecule has 18 heavy (non-hydrogen) atoms. The van der Waals surface area contributed by atoms with Gasteiger partial charge in [-0.05, 0) is 6.07 Å². The lowest BCUT2D eigenvalue weighted by Gasteiger charge is -2.13. The van der Waals surface area contributed by atoms with Crippen molar-refractivity contribution < 1.29 is 31.1 Å². The molecule has 0 aliphatic carbocycles. The maximum atomic E-state index is 12.3. The second kappa shape index (κ2) is 4.71. The average molecular weight is 296 g/mol. The van der Waals surface area contributed by atoms with Crippen LogP contribution in [0, 0.1) is 0 Å². The van der Waals surface area contributed by atoms with Gasteiger partial charge >= 0.3 is 12.5 Å². The van der Waals surface area contributed by atoms with Gasteiger partial charge in [-0.15, -0.1) is 24.8 Å². The lowest BCUT2D eigenvalue weighted by atomic mass is 10.2. The van der Waals surface area contributed by atoms with E-state index in [0.717, 1.165) is 0 Å². The summed E-state index contributed by atoms with van der Waals surface area (Å²) in [6.45, 7) is 0. The SMILES string of the molecule is O=c1[nH]c(OC(F)(F)F)c(CCl)cc1C(F)(F)F. The van der Waals surface area contributed by atoms with Crippen LogP contribution >= 0.6 is 11.6 Å². The summed E-state index contributed by atoms with van der Waals surface area (Å²) >= 11 is 5.20. The highest BCUT2D eigenvalue weighted by atomic mass is 35.5. The fourth-order valence-corrected chi connectivity index (χ4v) is 1.27. The van der Waals surface area contributed by atoms with Crippen molar-refractivity contribution in [3.05, 3.63) is 27.5 Å². The van der Waals surface area contributed by atoms with Crippen molar-refractivity contribution in [2.75, 3.05) is 0 Å². The summed E-state index contributed by atoms with van der Waals surface area (Å²) in [7, 11) is 0. The Morgan fingerprint density at radius 1 is 1.22 bits per heavy atom. The van der Waals surface area contributed by atoms with Crippen LogP contribution in [0.1, 0.15) is 11.1 Å². The number of nitrogens with one attached hydrogen (secondary N) is 1. The van der Waals surface area contributed by atoms with Crippen LogP contribution in [0.5, 0.6) is 5.88 Å². The quantitative estimate of drug-likeness (QED) is 0.673. The molecule has 3 nitrogen and oxygen atoms in total. The molecular formula is C8H4ClF6NO2. The number of aromatic amines is 1. The van der Waals surface area contributed by atoms with Gasteiger partial charge in [-0.3, -0.25) is 9.78 Å². The van der Waals surface area contributed by atoms with Crippen molar-refractivity contribution in [3.8, 4) is 5.88 Å². The molecule has 10 heteroatoms. The van der Waals surface area contributed by atoms with Gasteiger partial charge in [-0.2, -0.15) is 13.2 Å². The lowest BCUT2D eigenvalue weighted by Crippen LogP contribution is -2.26. The second-order valence-corrected chi connectivity index (χ2v) is 3.31. The van der Waals surface area contributed by atoms with E-state index in [4.69, 9.17) is 11.6 Å². The number of ether oxygens (including phenoxy) is 1. The molecule has 0 aliphatic heterocycles. The number of H-pyrrole nitrogens is 1. The summed E-state index contributed by atoms with van der Waals surface area (Å²) in [5.74, 6) is -1.85. The molecule has 0 saturated heterocycles. The summed E-state index contributed by atoms with van der Waals surface area (Å²) in [5.41, 5.74) is -4.01. The van der Waals surface area contributed by atoms with E-state index in [2.05, 4.69) is 4.74 Å². The molecule has 1 aromatic rings. The minimum Gasteiger partial charge on any atom is -0.389 e. The number of hydrogen-bond donors (Lipinski definition) is 1. The third kappa shape index (κ3) is 3.56. The molecule has 1 N–H and O–H groups in total. The van der Waals surface area contributed by atoms with Gasteiger partial charge in [-0.1, -0.05) is 0 Å². The van der Waals surface area contributed by atoms with Crippen LogP contribution in [0.15, 0.2) is 10.9 Å². The van der Waals surface area contributed by atoms with Gasteiger partial charge in [0.05, 0.1) is 5.88 Å². The Kier molecular flexibility index (Phi) is 3.84.